The quantitative estimate of drug-likeness (QED) is 0.691. The molecule has 1 aliphatic rings. The van der Waals surface area contributed by atoms with Crippen LogP contribution in [0.25, 0.3) is 0 Å². The van der Waals surface area contributed by atoms with Gasteiger partial charge in [-0.25, -0.2) is 4.79 Å². The van der Waals surface area contributed by atoms with Gasteiger partial charge in [-0.15, -0.1) is 0 Å². The minimum absolute atomic E-state index is 0.0181. The molecule has 6 heteroatoms. The van der Waals surface area contributed by atoms with E-state index in [1.807, 2.05) is 30.3 Å². The molecule has 1 aliphatic heterocycles. The zero-order valence-electron chi connectivity index (χ0n) is 14.1. The van der Waals surface area contributed by atoms with Crippen LogP contribution < -0.4 is 0 Å². The second-order valence-corrected chi connectivity index (χ2v) is 6.29. The number of likely N-dealkylation sites (tertiary alicyclic amines) is 1. The van der Waals surface area contributed by atoms with E-state index in [0.717, 1.165) is 12.8 Å². The van der Waals surface area contributed by atoms with Crippen LogP contribution in [-0.4, -0.2) is 46.0 Å². The monoisotopic (exact) mass is 345 g/mol. The van der Waals surface area contributed by atoms with Gasteiger partial charge in [0.15, 0.2) is 0 Å². The summed E-state index contributed by atoms with van der Waals surface area (Å²) >= 11 is 0. The molecule has 0 aromatic heterocycles. The summed E-state index contributed by atoms with van der Waals surface area (Å²) < 4.78 is 0. The summed E-state index contributed by atoms with van der Waals surface area (Å²) in [5, 5.41) is 8.81. The Morgan fingerprint density at radius 2 is 1.76 bits per heavy atom. The van der Waals surface area contributed by atoms with Crippen molar-refractivity contribution >= 4 is 23.4 Å². The number of carbonyl (C=O) groups is 4. The molecule has 1 N–H and O–H groups in total. The summed E-state index contributed by atoms with van der Waals surface area (Å²) in [5.41, 5.74) is 1.18. The van der Waals surface area contributed by atoms with Crippen molar-refractivity contribution in [3.63, 3.8) is 0 Å². The Labute approximate surface area is 146 Å². The molecule has 1 aromatic rings. The van der Waals surface area contributed by atoms with Crippen LogP contribution >= 0.6 is 0 Å². The Bertz CT molecular complexity index is 640. The number of aryl methyl sites for hydroxylation is 1. The summed E-state index contributed by atoms with van der Waals surface area (Å²) in [6.07, 6.45) is 3.14. The summed E-state index contributed by atoms with van der Waals surface area (Å²) in [4.78, 5) is 47.9. The minimum Gasteiger partial charge on any atom is -0.475 e. The van der Waals surface area contributed by atoms with Gasteiger partial charge in [0.25, 0.3) is 5.78 Å². The standard InChI is InChI=1S/C19H23NO5/c21-15(9-4-8-14-6-2-1-3-7-14)11-12-17(22)20-13-5-10-16(20)18(23)19(24)25/h1-3,6-7,16H,4-5,8-13H2,(H,24,25)/t16-/m0/s1. The number of ketones is 2. The normalized spacial score (nSPS) is 16.6. The highest BCUT2D eigenvalue weighted by Crippen LogP contribution is 2.20. The number of amides is 1. The van der Waals surface area contributed by atoms with Gasteiger partial charge >= 0.3 is 5.97 Å². The summed E-state index contributed by atoms with van der Waals surface area (Å²) in [6.45, 7) is 0.380. The Balaban J connectivity index is 1.72. The lowest BCUT2D eigenvalue weighted by molar-refractivity contribution is -0.152. The number of carboxylic acids is 1. The SMILES string of the molecule is O=C(CCCc1ccccc1)CCC(=O)N1CCC[C@H]1C(=O)C(=O)O. The fraction of sp³-hybridized carbons (Fsp3) is 0.474. The number of benzene rings is 1. The summed E-state index contributed by atoms with van der Waals surface area (Å²) in [5.74, 6) is -2.75. The Morgan fingerprint density at radius 3 is 2.44 bits per heavy atom. The maximum atomic E-state index is 12.2. The van der Waals surface area contributed by atoms with Gasteiger partial charge in [0, 0.05) is 25.8 Å². The average molecular weight is 345 g/mol. The zero-order chi connectivity index (χ0) is 18.2. The molecule has 25 heavy (non-hydrogen) atoms. The first-order valence-corrected chi connectivity index (χ1v) is 8.61. The first-order chi connectivity index (χ1) is 12.0. The molecule has 0 radical (unpaired) electrons. The lowest BCUT2D eigenvalue weighted by Crippen LogP contribution is -2.43. The van der Waals surface area contributed by atoms with E-state index < -0.39 is 17.8 Å². The lowest BCUT2D eigenvalue weighted by Gasteiger charge is -2.22. The summed E-state index contributed by atoms with van der Waals surface area (Å²) in [7, 11) is 0. The van der Waals surface area contributed by atoms with Crippen LogP contribution in [0, 0.1) is 0 Å². The van der Waals surface area contributed by atoms with Gasteiger partial charge in [-0.2, -0.15) is 0 Å². The Kier molecular flexibility index (Phi) is 6.86. The molecule has 2 rings (SSSR count). The van der Waals surface area contributed by atoms with Gasteiger partial charge in [-0.1, -0.05) is 30.3 Å². The predicted octanol–water partition coefficient (Wildman–Crippen LogP) is 2.00. The van der Waals surface area contributed by atoms with E-state index in [1.165, 1.54) is 10.5 Å². The molecular formula is C19H23NO5. The lowest BCUT2D eigenvalue weighted by atomic mass is 10.0. The van der Waals surface area contributed by atoms with Crippen LogP contribution in [0.4, 0.5) is 0 Å². The largest absolute Gasteiger partial charge is 0.475 e. The van der Waals surface area contributed by atoms with Crippen LogP contribution in [0.1, 0.15) is 44.1 Å². The second-order valence-electron chi connectivity index (χ2n) is 6.29. The van der Waals surface area contributed by atoms with E-state index in [0.29, 0.717) is 25.8 Å². The molecule has 1 amide bonds. The molecule has 0 unspecified atom stereocenters. The third-order valence-electron chi connectivity index (χ3n) is 4.47. The van der Waals surface area contributed by atoms with E-state index in [1.54, 1.807) is 0 Å². The van der Waals surface area contributed by atoms with Gasteiger partial charge in [0.1, 0.15) is 11.8 Å². The third kappa shape index (κ3) is 5.52. The molecular weight excluding hydrogens is 322 g/mol. The van der Waals surface area contributed by atoms with Crippen molar-refractivity contribution in [2.75, 3.05) is 6.54 Å². The molecule has 0 spiro atoms. The highest BCUT2D eigenvalue weighted by Gasteiger charge is 2.36. The van der Waals surface area contributed by atoms with Crippen molar-refractivity contribution in [3.05, 3.63) is 35.9 Å². The smallest absolute Gasteiger partial charge is 0.374 e. The highest BCUT2D eigenvalue weighted by atomic mass is 16.4. The molecule has 0 bridgehead atoms. The van der Waals surface area contributed by atoms with E-state index in [4.69, 9.17) is 5.11 Å². The third-order valence-corrected chi connectivity index (χ3v) is 4.47. The number of nitrogens with zero attached hydrogens (tertiary/aromatic N) is 1. The molecule has 1 saturated heterocycles. The van der Waals surface area contributed by atoms with E-state index in [2.05, 4.69) is 0 Å². The Morgan fingerprint density at radius 1 is 1.04 bits per heavy atom. The maximum absolute atomic E-state index is 12.2. The van der Waals surface area contributed by atoms with Crippen molar-refractivity contribution in [2.24, 2.45) is 0 Å². The van der Waals surface area contributed by atoms with Gasteiger partial charge in [-0.3, -0.25) is 14.4 Å². The molecule has 6 nitrogen and oxygen atoms in total. The number of hydrogen-bond donors (Lipinski definition) is 1. The molecule has 0 aliphatic carbocycles. The number of Topliss-reactive ketones (excluding diaryl/α,β-unsaturated/α-hetero) is 2. The van der Waals surface area contributed by atoms with Crippen LogP contribution in [-0.2, 0) is 25.6 Å². The first kappa shape index (κ1) is 18.8. The fourth-order valence-corrected chi connectivity index (χ4v) is 3.13. The van der Waals surface area contributed by atoms with Crippen LogP contribution in [0.2, 0.25) is 0 Å². The number of aliphatic carboxylic acids is 1. The summed E-state index contributed by atoms with van der Waals surface area (Å²) in [6, 6.07) is 9.02. The van der Waals surface area contributed by atoms with E-state index in [-0.39, 0.29) is 24.5 Å². The van der Waals surface area contributed by atoms with Crippen LogP contribution in [0.5, 0.6) is 0 Å². The molecule has 1 atom stereocenters. The minimum atomic E-state index is -1.51. The van der Waals surface area contributed by atoms with Crippen molar-refractivity contribution < 1.29 is 24.3 Å². The number of hydrogen-bond acceptors (Lipinski definition) is 4. The average Bonchev–Trinajstić information content (AvgIpc) is 3.09. The number of carboxylic acid groups (broad SMARTS) is 1. The van der Waals surface area contributed by atoms with Crippen LogP contribution in [0.15, 0.2) is 30.3 Å². The second kappa shape index (κ2) is 9.11. The van der Waals surface area contributed by atoms with Crippen molar-refractivity contribution in [3.8, 4) is 0 Å². The van der Waals surface area contributed by atoms with Crippen molar-refractivity contribution in [1.82, 2.24) is 4.90 Å². The molecule has 0 saturated carbocycles. The molecule has 1 fully saturated rings. The zero-order valence-corrected chi connectivity index (χ0v) is 14.1. The first-order valence-electron chi connectivity index (χ1n) is 8.61. The van der Waals surface area contributed by atoms with Crippen molar-refractivity contribution in [1.29, 1.82) is 0 Å². The number of rotatable bonds is 9. The number of carbonyl (C=O) groups excluding carboxylic acids is 3. The molecule has 134 valence electrons. The van der Waals surface area contributed by atoms with Gasteiger partial charge < -0.3 is 10.0 Å². The molecule has 1 heterocycles. The fourth-order valence-electron chi connectivity index (χ4n) is 3.13. The van der Waals surface area contributed by atoms with E-state index in [9.17, 15) is 19.2 Å². The van der Waals surface area contributed by atoms with Gasteiger partial charge in [0.2, 0.25) is 5.91 Å². The van der Waals surface area contributed by atoms with Crippen LogP contribution in [0.3, 0.4) is 0 Å². The topological polar surface area (TPSA) is 91.8 Å². The van der Waals surface area contributed by atoms with Gasteiger partial charge in [0.05, 0.1) is 0 Å². The van der Waals surface area contributed by atoms with E-state index >= 15 is 0 Å². The predicted molar refractivity (Wildman–Crippen MR) is 91.0 cm³/mol. The maximum Gasteiger partial charge on any atom is 0.374 e. The Hall–Kier alpha value is -2.50. The molecule has 1 aromatic carbocycles. The van der Waals surface area contributed by atoms with Crippen molar-refractivity contribution in [2.45, 2.75) is 51.0 Å². The highest BCUT2D eigenvalue weighted by molar-refractivity contribution is 6.35. The van der Waals surface area contributed by atoms with Gasteiger partial charge in [-0.05, 0) is 31.2 Å².